The first-order valence-corrected chi connectivity index (χ1v) is 6.77. The summed E-state index contributed by atoms with van der Waals surface area (Å²) < 4.78 is 0. The SMILES string of the molecule is CC.CC[SH+]c1cc(C)c(O)c(CC)c1. The normalized spacial score (nSPS) is 9.40. The second-order valence-corrected chi connectivity index (χ2v) is 4.56. The highest BCUT2D eigenvalue weighted by molar-refractivity contribution is 7.78. The Labute approximate surface area is 97.9 Å². The summed E-state index contributed by atoms with van der Waals surface area (Å²) in [6, 6.07) is 4.17. The molecule has 0 radical (unpaired) electrons. The number of phenolic OH excluding ortho intramolecular Hbond substituents is 1. The van der Waals surface area contributed by atoms with Gasteiger partial charge in [-0.05, 0) is 43.5 Å². The van der Waals surface area contributed by atoms with Crippen LogP contribution in [0.1, 0.15) is 38.8 Å². The summed E-state index contributed by atoms with van der Waals surface area (Å²) in [5.41, 5.74) is 2.06. The standard InChI is InChI=1S/C11H16OS.C2H6/c1-4-9-7-10(13-5-2)6-8(3)11(9)12;1-2/h6-7,12H,4-5H2,1-3H3;1-2H3/p+1. The third kappa shape index (κ3) is 4.17. The van der Waals surface area contributed by atoms with Gasteiger partial charge in [0.25, 0.3) is 0 Å². The molecule has 0 aromatic heterocycles. The molecule has 1 rings (SSSR count). The van der Waals surface area contributed by atoms with Crippen LogP contribution in [0.2, 0.25) is 0 Å². The van der Waals surface area contributed by atoms with Crippen molar-refractivity contribution >= 4 is 11.8 Å². The van der Waals surface area contributed by atoms with Gasteiger partial charge in [0, 0.05) is 11.8 Å². The average molecular weight is 227 g/mol. The minimum absolute atomic E-state index is 0.470. The fourth-order valence-corrected chi connectivity index (χ4v) is 2.27. The van der Waals surface area contributed by atoms with Crippen molar-refractivity contribution < 1.29 is 5.11 Å². The summed E-state index contributed by atoms with van der Waals surface area (Å²) in [5.74, 6) is 1.60. The van der Waals surface area contributed by atoms with E-state index in [4.69, 9.17) is 0 Å². The van der Waals surface area contributed by atoms with E-state index in [0.29, 0.717) is 5.75 Å². The third-order valence-corrected chi connectivity index (χ3v) is 3.03. The number of hydrogen-bond acceptors (Lipinski definition) is 1. The van der Waals surface area contributed by atoms with E-state index in [0.717, 1.165) is 23.3 Å². The lowest BCUT2D eigenvalue weighted by Crippen LogP contribution is -1.91. The molecule has 0 spiro atoms. The number of rotatable bonds is 3. The highest BCUT2D eigenvalue weighted by Gasteiger charge is 2.09. The molecule has 15 heavy (non-hydrogen) atoms. The first-order chi connectivity index (χ1) is 7.19. The van der Waals surface area contributed by atoms with E-state index in [1.807, 2.05) is 20.8 Å². The largest absolute Gasteiger partial charge is 0.507 e. The molecule has 86 valence electrons. The summed E-state index contributed by atoms with van der Waals surface area (Å²) in [5, 5.41) is 9.69. The molecule has 0 atom stereocenters. The van der Waals surface area contributed by atoms with Crippen LogP contribution >= 0.6 is 0 Å². The highest BCUT2D eigenvalue weighted by atomic mass is 32.2. The molecule has 0 heterocycles. The summed E-state index contributed by atoms with van der Waals surface area (Å²) in [6.45, 7) is 10.2. The van der Waals surface area contributed by atoms with Crippen LogP contribution in [0.4, 0.5) is 0 Å². The van der Waals surface area contributed by atoms with Crippen LogP contribution in [0.3, 0.4) is 0 Å². The van der Waals surface area contributed by atoms with E-state index in [1.54, 1.807) is 0 Å². The van der Waals surface area contributed by atoms with Gasteiger partial charge in [-0.1, -0.05) is 20.8 Å². The fourth-order valence-electron chi connectivity index (χ4n) is 1.38. The smallest absolute Gasteiger partial charge is 0.153 e. The van der Waals surface area contributed by atoms with Gasteiger partial charge < -0.3 is 5.11 Å². The number of aryl methyl sites for hydroxylation is 2. The van der Waals surface area contributed by atoms with Gasteiger partial charge in [0.1, 0.15) is 11.5 Å². The van der Waals surface area contributed by atoms with Crippen molar-refractivity contribution in [3.8, 4) is 5.75 Å². The maximum atomic E-state index is 9.69. The van der Waals surface area contributed by atoms with Crippen LogP contribution in [-0.4, -0.2) is 10.9 Å². The van der Waals surface area contributed by atoms with Gasteiger partial charge in [-0.25, -0.2) is 0 Å². The summed E-state index contributed by atoms with van der Waals surface area (Å²) in [6.07, 6.45) is 0.903. The Kier molecular flexibility index (Phi) is 7.31. The molecular weight excluding hydrogens is 204 g/mol. The molecule has 0 amide bonds. The molecule has 0 unspecified atom stereocenters. The molecule has 0 saturated heterocycles. The molecular formula is C13H23OS+. The van der Waals surface area contributed by atoms with E-state index in [-0.39, 0.29) is 0 Å². The lowest BCUT2D eigenvalue weighted by molar-refractivity contribution is 0.464. The molecule has 1 N–H and O–H groups in total. The molecule has 0 saturated carbocycles. The zero-order valence-electron chi connectivity index (χ0n) is 10.5. The molecule has 0 bridgehead atoms. The van der Waals surface area contributed by atoms with Crippen LogP contribution < -0.4 is 0 Å². The maximum absolute atomic E-state index is 9.69. The molecule has 1 aromatic rings. The van der Waals surface area contributed by atoms with E-state index in [9.17, 15) is 5.11 Å². The number of phenols is 1. The third-order valence-electron chi connectivity index (χ3n) is 2.09. The predicted molar refractivity (Wildman–Crippen MR) is 71.1 cm³/mol. The second-order valence-electron chi connectivity index (χ2n) is 3.10. The fraction of sp³-hybridized carbons (Fsp3) is 0.538. The van der Waals surface area contributed by atoms with Gasteiger partial charge in [-0.15, -0.1) is 0 Å². The van der Waals surface area contributed by atoms with Crippen LogP contribution in [0.5, 0.6) is 5.75 Å². The molecule has 0 aliphatic heterocycles. The van der Waals surface area contributed by atoms with Crippen LogP contribution in [-0.2, 0) is 18.2 Å². The van der Waals surface area contributed by atoms with Crippen LogP contribution in [0.25, 0.3) is 0 Å². The minimum Gasteiger partial charge on any atom is -0.507 e. The quantitative estimate of drug-likeness (QED) is 0.619. The predicted octanol–water partition coefficient (Wildman–Crippen LogP) is 3.48. The first kappa shape index (κ1) is 14.4. The Balaban J connectivity index is 0.000000921. The molecule has 1 nitrogen and oxygen atoms in total. The molecule has 0 aliphatic rings. The van der Waals surface area contributed by atoms with E-state index >= 15 is 0 Å². The number of hydrogen-bond donors (Lipinski definition) is 1. The maximum Gasteiger partial charge on any atom is 0.153 e. The Bertz CT molecular complexity index is 295. The number of thiol groups is 1. The first-order valence-electron chi connectivity index (χ1n) is 5.69. The summed E-state index contributed by atoms with van der Waals surface area (Å²) in [4.78, 5) is 1.31. The van der Waals surface area contributed by atoms with Gasteiger partial charge in [-0.2, -0.15) is 0 Å². The van der Waals surface area contributed by atoms with Crippen molar-refractivity contribution in [3.63, 3.8) is 0 Å². The van der Waals surface area contributed by atoms with Crippen molar-refractivity contribution in [2.45, 2.75) is 45.9 Å². The van der Waals surface area contributed by atoms with E-state index < -0.39 is 0 Å². The Hall–Kier alpha value is -0.630. The Morgan fingerprint density at radius 1 is 1.20 bits per heavy atom. The van der Waals surface area contributed by atoms with Crippen molar-refractivity contribution in [3.05, 3.63) is 23.3 Å². The minimum atomic E-state index is 0.470. The lowest BCUT2D eigenvalue weighted by atomic mass is 10.1. The van der Waals surface area contributed by atoms with Gasteiger partial charge >= 0.3 is 0 Å². The number of aromatic hydroxyl groups is 1. The molecule has 1 aromatic carbocycles. The molecule has 2 heteroatoms. The average Bonchev–Trinajstić information content (AvgIpc) is 2.26. The van der Waals surface area contributed by atoms with E-state index in [1.165, 1.54) is 16.7 Å². The summed E-state index contributed by atoms with van der Waals surface area (Å²) in [7, 11) is 0. The van der Waals surface area contributed by atoms with Gasteiger partial charge in [0.05, 0.1) is 0 Å². The van der Waals surface area contributed by atoms with Crippen molar-refractivity contribution in [1.82, 2.24) is 0 Å². The number of benzene rings is 1. The van der Waals surface area contributed by atoms with E-state index in [2.05, 4.69) is 26.0 Å². The monoisotopic (exact) mass is 227 g/mol. The van der Waals surface area contributed by atoms with Gasteiger partial charge in [0.2, 0.25) is 0 Å². The zero-order chi connectivity index (χ0) is 11.8. The molecule has 0 aliphatic carbocycles. The zero-order valence-corrected chi connectivity index (χ0v) is 11.4. The van der Waals surface area contributed by atoms with Crippen molar-refractivity contribution in [2.75, 3.05) is 5.75 Å². The van der Waals surface area contributed by atoms with Crippen molar-refractivity contribution in [1.29, 1.82) is 0 Å². The molecule has 0 fully saturated rings. The summed E-state index contributed by atoms with van der Waals surface area (Å²) >= 11 is 1.34. The second kappa shape index (κ2) is 7.63. The Morgan fingerprint density at radius 3 is 2.27 bits per heavy atom. The van der Waals surface area contributed by atoms with Crippen LogP contribution in [0, 0.1) is 6.92 Å². The highest BCUT2D eigenvalue weighted by Crippen LogP contribution is 2.25. The van der Waals surface area contributed by atoms with Gasteiger partial charge in [0.15, 0.2) is 4.90 Å². The van der Waals surface area contributed by atoms with Crippen LogP contribution in [0.15, 0.2) is 17.0 Å². The van der Waals surface area contributed by atoms with Gasteiger partial charge in [-0.3, -0.25) is 0 Å². The van der Waals surface area contributed by atoms with Crippen molar-refractivity contribution in [2.24, 2.45) is 0 Å². The topological polar surface area (TPSA) is 20.2 Å². The lowest BCUT2D eigenvalue weighted by Gasteiger charge is -2.04. The Morgan fingerprint density at radius 2 is 1.80 bits per heavy atom.